The molecular formula is C11H7F6N5O2. The third-order valence-electron chi connectivity index (χ3n) is 2.36. The molecule has 2 rings (SSSR count). The first-order valence-corrected chi connectivity index (χ1v) is 6.01. The van der Waals surface area contributed by atoms with Gasteiger partial charge in [-0.2, -0.15) is 31.3 Å². The molecular weight excluding hydrogens is 348 g/mol. The number of amides is 1. The van der Waals surface area contributed by atoms with E-state index in [2.05, 4.69) is 19.8 Å². The highest BCUT2D eigenvalue weighted by atomic mass is 19.4. The number of aromatic amines is 1. The monoisotopic (exact) mass is 355 g/mol. The summed E-state index contributed by atoms with van der Waals surface area (Å²) in [6.07, 6.45) is -8.41. The lowest BCUT2D eigenvalue weighted by atomic mass is 10.3. The van der Waals surface area contributed by atoms with Gasteiger partial charge in [-0.1, -0.05) is 0 Å². The van der Waals surface area contributed by atoms with Gasteiger partial charge in [0.2, 0.25) is 17.7 Å². The first-order chi connectivity index (χ1) is 11.0. The van der Waals surface area contributed by atoms with Crippen molar-refractivity contribution in [3.8, 4) is 5.88 Å². The molecule has 2 aromatic heterocycles. The lowest BCUT2D eigenvalue weighted by Crippen LogP contribution is -2.20. The third-order valence-corrected chi connectivity index (χ3v) is 2.36. The molecule has 0 spiro atoms. The van der Waals surface area contributed by atoms with Crippen LogP contribution in [0.1, 0.15) is 16.2 Å². The fraction of sp³-hybridized carbons (Fsp3) is 0.273. The molecule has 0 aromatic carbocycles. The first kappa shape index (κ1) is 17.5. The van der Waals surface area contributed by atoms with E-state index in [0.29, 0.717) is 0 Å². The number of H-pyrrole nitrogens is 1. The lowest BCUT2D eigenvalue weighted by Gasteiger charge is -2.08. The Labute approximate surface area is 129 Å². The Morgan fingerprint density at radius 1 is 1.21 bits per heavy atom. The molecule has 0 aliphatic carbocycles. The molecule has 0 unspecified atom stereocenters. The molecule has 0 aliphatic rings. The van der Waals surface area contributed by atoms with Crippen LogP contribution in [0.5, 0.6) is 5.88 Å². The Bertz CT molecular complexity index is 709. The smallest absolute Gasteiger partial charge is 0.451 e. The van der Waals surface area contributed by atoms with Crippen LogP contribution < -0.4 is 10.1 Å². The van der Waals surface area contributed by atoms with Gasteiger partial charge in [-0.15, -0.1) is 5.10 Å². The zero-order valence-corrected chi connectivity index (χ0v) is 11.4. The van der Waals surface area contributed by atoms with Crippen molar-refractivity contribution in [1.29, 1.82) is 0 Å². The Hall–Kier alpha value is -2.86. The number of aromatic nitrogens is 4. The lowest BCUT2D eigenvalue weighted by molar-refractivity contribution is -0.154. The van der Waals surface area contributed by atoms with Crippen LogP contribution in [0.4, 0.5) is 32.3 Å². The van der Waals surface area contributed by atoms with Crippen molar-refractivity contribution in [3.05, 3.63) is 29.7 Å². The van der Waals surface area contributed by atoms with Crippen molar-refractivity contribution in [1.82, 2.24) is 20.2 Å². The van der Waals surface area contributed by atoms with Gasteiger partial charge in [0.25, 0.3) is 5.91 Å². The number of carbonyl (C=O) groups is 1. The van der Waals surface area contributed by atoms with Crippen molar-refractivity contribution in [2.24, 2.45) is 0 Å². The number of alkyl halides is 6. The van der Waals surface area contributed by atoms with Crippen LogP contribution in [0, 0.1) is 0 Å². The molecule has 0 atom stereocenters. The summed E-state index contributed by atoms with van der Waals surface area (Å²) in [4.78, 5) is 18.3. The summed E-state index contributed by atoms with van der Waals surface area (Å²) < 4.78 is 77.2. The molecule has 0 bridgehead atoms. The normalized spacial score (nSPS) is 12.1. The number of carbonyl (C=O) groups excluding carboxylic acids is 1. The van der Waals surface area contributed by atoms with Crippen LogP contribution in [-0.4, -0.2) is 38.9 Å². The minimum Gasteiger partial charge on any atom is -0.468 e. The maximum atomic E-state index is 12.3. The molecule has 0 saturated carbocycles. The number of hydrogen-bond donors (Lipinski definition) is 2. The van der Waals surface area contributed by atoms with Crippen molar-refractivity contribution in [2.45, 2.75) is 12.4 Å². The summed E-state index contributed by atoms with van der Waals surface area (Å²) in [5, 5.41) is 6.74. The number of ether oxygens (including phenoxy) is 1. The van der Waals surface area contributed by atoms with Gasteiger partial charge in [0.15, 0.2) is 6.61 Å². The minimum atomic E-state index is -4.75. The van der Waals surface area contributed by atoms with Crippen molar-refractivity contribution >= 4 is 11.9 Å². The highest BCUT2D eigenvalue weighted by Crippen LogP contribution is 2.26. The predicted octanol–water partition coefficient (Wildman–Crippen LogP) is 2.41. The van der Waals surface area contributed by atoms with Crippen LogP contribution >= 0.6 is 0 Å². The number of rotatable bonds is 4. The Morgan fingerprint density at radius 3 is 2.42 bits per heavy atom. The van der Waals surface area contributed by atoms with Crippen LogP contribution in [0.2, 0.25) is 0 Å². The average molecular weight is 355 g/mol. The van der Waals surface area contributed by atoms with E-state index in [1.165, 1.54) is 0 Å². The van der Waals surface area contributed by atoms with Gasteiger partial charge >= 0.3 is 12.4 Å². The average Bonchev–Trinajstić information content (AvgIpc) is 2.93. The van der Waals surface area contributed by atoms with Crippen molar-refractivity contribution in [3.63, 3.8) is 0 Å². The number of halogens is 6. The fourth-order valence-electron chi connectivity index (χ4n) is 1.37. The van der Waals surface area contributed by atoms with E-state index < -0.39 is 36.6 Å². The van der Waals surface area contributed by atoms with Crippen molar-refractivity contribution < 1.29 is 35.9 Å². The Balaban J connectivity index is 1.99. The number of pyridine rings is 1. The van der Waals surface area contributed by atoms with Crippen LogP contribution in [0.15, 0.2) is 18.3 Å². The molecule has 2 heterocycles. The van der Waals surface area contributed by atoms with E-state index >= 15 is 0 Å². The molecule has 0 fully saturated rings. The largest absolute Gasteiger partial charge is 0.468 e. The SMILES string of the molecule is O=C(Nc1n[nH]c(C(F)(F)F)n1)c1ccc(OCC(F)(F)F)nc1. The molecule has 1 amide bonds. The predicted molar refractivity (Wildman–Crippen MR) is 65.1 cm³/mol. The summed E-state index contributed by atoms with van der Waals surface area (Å²) in [5.74, 6) is -3.30. The molecule has 0 saturated heterocycles. The topological polar surface area (TPSA) is 92.8 Å². The first-order valence-electron chi connectivity index (χ1n) is 6.01. The molecule has 13 heteroatoms. The number of hydrogen-bond acceptors (Lipinski definition) is 5. The number of nitrogens with one attached hydrogen (secondary N) is 2. The van der Waals surface area contributed by atoms with Gasteiger partial charge in [-0.05, 0) is 6.07 Å². The van der Waals surface area contributed by atoms with E-state index in [-0.39, 0.29) is 11.4 Å². The van der Waals surface area contributed by atoms with E-state index in [0.717, 1.165) is 18.3 Å². The molecule has 2 N–H and O–H groups in total. The Kier molecular flexibility index (Phi) is 4.61. The van der Waals surface area contributed by atoms with Crippen molar-refractivity contribution in [2.75, 3.05) is 11.9 Å². The third kappa shape index (κ3) is 4.82. The van der Waals surface area contributed by atoms with E-state index in [9.17, 15) is 31.1 Å². The van der Waals surface area contributed by atoms with E-state index in [4.69, 9.17) is 0 Å². The molecule has 2 aromatic rings. The summed E-state index contributed by atoms with van der Waals surface area (Å²) in [5.41, 5.74) is -0.146. The van der Waals surface area contributed by atoms with E-state index in [1.54, 1.807) is 5.10 Å². The Morgan fingerprint density at radius 2 is 1.92 bits per heavy atom. The summed E-state index contributed by atoms with van der Waals surface area (Å²) in [6.45, 7) is -1.55. The van der Waals surface area contributed by atoms with Crippen LogP contribution in [0.3, 0.4) is 0 Å². The van der Waals surface area contributed by atoms with Crippen LogP contribution in [0.25, 0.3) is 0 Å². The molecule has 7 nitrogen and oxygen atoms in total. The number of nitrogens with zero attached hydrogens (tertiary/aromatic N) is 3. The quantitative estimate of drug-likeness (QED) is 0.822. The fourth-order valence-corrected chi connectivity index (χ4v) is 1.37. The second-order valence-electron chi connectivity index (χ2n) is 4.25. The van der Waals surface area contributed by atoms with E-state index in [1.807, 2.05) is 5.32 Å². The number of anilines is 1. The summed E-state index contributed by atoms with van der Waals surface area (Å²) in [7, 11) is 0. The van der Waals surface area contributed by atoms with Crippen LogP contribution in [-0.2, 0) is 6.18 Å². The van der Waals surface area contributed by atoms with Gasteiger partial charge in [0.1, 0.15) is 0 Å². The van der Waals surface area contributed by atoms with Gasteiger partial charge in [-0.25, -0.2) is 4.98 Å². The van der Waals surface area contributed by atoms with Gasteiger partial charge in [0.05, 0.1) is 5.56 Å². The summed E-state index contributed by atoms with van der Waals surface area (Å²) >= 11 is 0. The van der Waals surface area contributed by atoms with Gasteiger partial charge < -0.3 is 4.74 Å². The minimum absolute atomic E-state index is 0.146. The standard InChI is InChI=1S/C11H7F6N5O2/c12-10(13,14)4-24-6-2-1-5(3-18-6)7(23)19-9-20-8(21-22-9)11(15,16)17/h1-3H,4H2,(H2,19,20,21,22,23). The molecule has 0 aliphatic heterocycles. The second-order valence-corrected chi connectivity index (χ2v) is 4.25. The van der Waals surface area contributed by atoms with Gasteiger partial charge in [-0.3, -0.25) is 15.2 Å². The highest BCUT2D eigenvalue weighted by molar-refractivity contribution is 6.03. The molecule has 24 heavy (non-hydrogen) atoms. The zero-order valence-electron chi connectivity index (χ0n) is 11.4. The second kappa shape index (κ2) is 6.33. The molecule has 130 valence electrons. The maximum Gasteiger partial charge on any atom is 0.451 e. The maximum absolute atomic E-state index is 12.3. The molecule has 0 radical (unpaired) electrons. The zero-order chi connectivity index (χ0) is 18.0. The summed E-state index contributed by atoms with van der Waals surface area (Å²) in [6, 6.07) is 2.07. The highest BCUT2D eigenvalue weighted by Gasteiger charge is 2.35. The van der Waals surface area contributed by atoms with Gasteiger partial charge in [0, 0.05) is 12.3 Å².